The summed E-state index contributed by atoms with van der Waals surface area (Å²) in [5.41, 5.74) is -0.0519. The molecule has 3 amide bonds. The number of rotatable bonds is 11. The van der Waals surface area contributed by atoms with Crippen LogP contribution in [-0.4, -0.2) is 103 Å². The van der Waals surface area contributed by atoms with Crippen LogP contribution >= 0.6 is 11.3 Å². The summed E-state index contributed by atoms with van der Waals surface area (Å²) in [5, 5.41) is 17.4. The monoisotopic (exact) mass is 703 g/mol. The maximum atomic E-state index is 13.9. The van der Waals surface area contributed by atoms with Gasteiger partial charge in [-0.25, -0.2) is 4.79 Å². The zero-order chi connectivity index (χ0) is 35.4. The number of amides is 3. The summed E-state index contributed by atoms with van der Waals surface area (Å²) in [7, 11) is 2.16. The number of likely N-dealkylation sites (N-methyl/N-ethyl adjacent to an activating group) is 1. The van der Waals surface area contributed by atoms with Crippen LogP contribution in [0.15, 0.2) is 60.7 Å². The minimum atomic E-state index is -5.08. The number of nitrogens with one attached hydrogen (secondary N) is 3. The number of hydrogen-bond acceptors (Lipinski definition) is 7. The van der Waals surface area contributed by atoms with Crippen molar-refractivity contribution in [3.05, 3.63) is 71.1 Å². The van der Waals surface area contributed by atoms with Crippen molar-refractivity contribution < 1.29 is 37.5 Å². The molecule has 5 rings (SSSR count). The molecule has 266 valence electrons. The Balaban J connectivity index is 0.000000698. The number of alkyl halides is 3. The van der Waals surface area contributed by atoms with Gasteiger partial charge in [0.15, 0.2) is 0 Å². The molecule has 49 heavy (non-hydrogen) atoms. The molecule has 10 nitrogen and oxygen atoms in total. The quantitative estimate of drug-likeness (QED) is 0.217. The summed E-state index contributed by atoms with van der Waals surface area (Å²) in [5.74, 6) is -3.46. The highest BCUT2D eigenvalue weighted by atomic mass is 32.1. The smallest absolute Gasteiger partial charge is 0.475 e. The van der Waals surface area contributed by atoms with E-state index in [9.17, 15) is 27.6 Å². The van der Waals surface area contributed by atoms with Crippen LogP contribution in [-0.2, 0) is 20.8 Å². The van der Waals surface area contributed by atoms with Crippen molar-refractivity contribution >= 4 is 45.1 Å². The first-order chi connectivity index (χ1) is 23.4. The van der Waals surface area contributed by atoms with E-state index in [1.807, 2.05) is 60.7 Å². The minimum absolute atomic E-state index is 0.188. The molecule has 0 radical (unpaired) electrons. The van der Waals surface area contributed by atoms with Gasteiger partial charge in [0.05, 0.1) is 4.88 Å². The van der Waals surface area contributed by atoms with Gasteiger partial charge in [-0.2, -0.15) is 13.2 Å². The van der Waals surface area contributed by atoms with E-state index >= 15 is 0 Å². The molecule has 4 N–H and O–H groups in total. The number of carboxylic acid groups (broad SMARTS) is 1. The molecule has 2 aromatic carbocycles. The van der Waals surface area contributed by atoms with Gasteiger partial charge in [0.25, 0.3) is 5.91 Å². The first kappa shape index (κ1) is 37.8. The minimum Gasteiger partial charge on any atom is -0.475 e. The van der Waals surface area contributed by atoms with Gasteiger partial charge in [-0.15, -0.1) is 11.3 Å². The topological polar surface area (TPSA) is 131 Å². The van der Waals surface area contributed by atoms with Crippen molar-refractivity contribution in [1.29, 1.82) is 0 Å². The fourth-order valence-electron chi connectivity index (χ4n) is 6.08. The van der Waals surface area contributed by atoms with Crippen LogP contribution in [0.1, 0.15) is 53.8 Å². The Morgan fingerprint density at radius 1 is 0.939 bits per heavy atom. The highest BCUT2D eigenvalue weighted by molar-refractivity contribution is 7.20. The maximum Gasteiger partial charge on any atom is 0.490 e. The second-order valence-corrected chi connectivity index (χ2v) is 13.6. The Kier molecular flexibility index (Phi) is 13.6. The molecule has 2 heterocycles. The molecule has 1 atom stereocenters. The second-order valence-electron chi connectivity index (χ2n) is 12.6. The highest BCUT2D eigenvalue weighted by Crippen LogP contribution is 2.32. The number of aliphatic carboxylic acids is 1. The van der Waals surface area contributed by atoms with E-state index in [0.717, 1.165) is 74.1 Å². The first-order valence-electron chi connectivity index (χ1n) is 16.5. The molecule has 0 bridgehead atoms. The van der Waals surface area contributed by atoms with Crippen LogP contribution < -0.4 is 16.0 Å². The Labute approximate surface area is 288 Å². The van der Waals surface area contributed by atoms with Crippen LogP contribution in [0.4, 0.5) is 13.2 Å². The van der Waals surface area contributed by atoms with Crippen LogP contribution in [0.5, 0.6) is 0 Å². The number of carbonyl (C=O) groups is 4. The molecule has 0 spiro atoms. The van der Waals surface area contributed by atoms with E-state index in [2.05, 4.69) is 32.8 Å². The molecule has 1 aromatic heterocycles. The van der Waals surface area contributed by atoms with E-state index < -0.39 is 23.7 Å². The molecule has 2 aliphatic rings. The zero-order valence-corrected chi connectivity index (χ0v) is 28.4. The molecule has 1 aliphatic carbocycles. The molecule has 2 fully saturated rings. The average molecular weight is 704 g/mol. The fraction of sp³-hybridized carbons (Fsp3) is 0.486. The number of hydrogen-bond donors (Lipinski definition) is 4. The predicted molar refractivity (Wildman–Crippen MR) is 182 cm³/mol. The van der Waals surface area contributed by atoms with Crippen molar-refractivity contribution in [1.82, 2.24) is 25.8 Å². The van der Waals surface area contributed by atoms with Crippen molar-refractivity contribution in [2.24, 2.45) is 0 Å². The first-order valence-corrected chi connectivity index (χ1v) is 17.3. The molecule has 1 saturated heterocycles. The molecule has 3 aromatic rings. The standard InChI is InChI=1S/C33H43N5O3S.C2HF3O2/c1-37-18-10-20-38(22-21-37)19-9-17-34-30(39)27(23-25-11-3-2-4-12-25)35-32(41)33(15-7-8-16-33)36-31(40)29-24-26-13-5-6-14-28(26)42-29;3-2(4,5)1(6)7/h2-6,11-14,24,27H,7-10,15-23H2,1H3,(H,34,39)(H,35,41)(H,36,40);(H,6,7)/t27-;/m1./s1. The SMILES string of the molecule is CN1CCCN(CCCNC(=O)[C@@H](Cc2ccccc2)NC(=O)C2(NC(=O)c3cc4ccccc4s3)CCCC2)CC1.O=C(O)C(F)(F)F. The summed E-state index contributed by atoms with van der Waals surface area (Å²) >= 11 is 1.43. The van der Waals surface area contributed by atoms with Crippen LogP contribution in [0.2, 0.25) is 0 Å². The molecule has 0 unspecified atom stereocenters. The summed E-state index contributed by atoms with van der Waals surface area (Å²) in [6.45, 7) is 5.82. The number of thiophene rings is 1. The second kappa shape index (κ2) is 17.6. The largest absolute Gasteiger partial charge is 0.490 e. The van der Waals surface area contributed by atoms with Gasteiger partial charge in [-0.1, -0.05) is 61.4 Å². The van der Waals surface area contributed by atoms with Crippen LogP contribution in [0, 0.1) is 0 Å². The molecule has 14 heteroatoms. The lowest BCUT2D eigenvalue weighted by Crippen LogP contribution is -2.61. The summed E-state index contributed by atoms with van der Waals surface area (Å²) < 4.78 is 32.8. The lowest BCUT2D eigenvalue weighted by Gasteiger charge is -2.31. The summed E-state index contributed by atoms with van der Waals surface area (Å²) in [6, 6.07) is 18.8. The van der Waals surface area contributed by atoms with Gasteiger partial charge in [-0.05, 0) is 75.4 Å². The number of fused-ring (bicyclic) bond motifs is 1. The fourth-order valence-corrected chi connectivity index (χ4v) is 7.03. The number of nitrogens with zero attached hydrogens (tertiary/aromatic N) is 2. The van der Waals surface area contributed by atoms with E-state index in [1.165, 1.54) is 11.3 Å². The van der Waals surface area contributed by atoms with Crippen molar-refractivity contribution in [2.75, 3.05) is 46.3 Å². The van der Waals surface area contributed by atoms with E-state index in [1.54, 1.807) is 0 Å². The Morgan fingerprint density at radius 2 is 1.61 bits per heavy atom. The molecule has 1 aliphatic heterocycles. The molecular formula is C35H44F3N5O5S. The highest BCUT2D eigenvalue weighted by Gasteiger charge is 2.44. The Morgan fingerprint density at radius 3 is 2.29 bits per heavy atom. The molecular weight excluding hydrogens is 659 g/mol. The van der Waals surface area contributed by atoms with Crippen molar-refractivity contribution in [2.45, 2.75) is 62.7 Å². The van der Waals surface area contributed by atoms with Gasteiger partial charge in [-0.3, -0.25) is 14.4 Å². The van der Waals surface area contributed by atoms with Gasteiger partial charge in [0.1, 0.15) is 11.6 Å². The average Bonchev–Trinajstić information content (AvgIpc) is 3.68. The summed E-state index contributed by atoms with van der Waals surface area (Å²) in [4.78, 5) is 55.0. The number of carbonyl (C=O) groups excluding carboxylic acids is 3. The van der Waals surface area contributed by atoms with Gasteiger partial charge in [0.2, 0.25) is 11.8 Å². The van der Waals surface area contributed by atoms with Crippen molar-refractivity contribution in [3.8, 4) is 0 Å². The van der Waals surface area contributed by atoms with Crippen molar-refractivity contribution in [3.63, 3.8) is 0 Å². The normalized spacial score (nSPS) is 17.3. The third-order valence-corrected chi connectivity index (χ3v) is 9.92. The van der Waals surface area contributed by atoms with E-state index in [0.29, 0.717) is 30.7 Å². The van der Waals surface area contributed by atoms with E-state index in [-0.39, 0.29) is 17.7 Å². The lowest BCUT2D eigenvalue weighted by atomic mass is 9.94. The summed E-state index contributed by atoms with van der Waals surface area (Å²) in [6.07, 6.45) is 0.132. The predicted octanol–water partition coefficient (Wildman–Crippen LogP) is 4.45. The Bertz CT molecular complexity index is 1530. The van der Waals surface area contributed by atoms with Gasteiger partial charge in [0, 0.05) is 30.8 Å². The maximum absolute atomic E-state index is 13.9. The third kappa shape index (κ3) is 11.3. The van der Waals surface area contributed by atoms with E-state index in [4.69, 9.17) is 9.90 Å². The lowest BCUT2D eigenvalue weighted by molar-refractivity contribution is -0.192. The number of carboxylic acids is 1. The third-order valence-electron chi connectivity index (χ3n) is 8.80. The van der Waals surface area contributed by atoms with Gasteiger partial charge >= 0.3 is 12.1 Å². The van der Waals surface area contributed by atoms with Crippen LogP contribution in [0.3, 0.4) is 0 Å². The zero-order valence-electron chi connectivity index (χ0n) is 27.6. The molecule has 1 saturated carbocycles. The van der Waals surface area contributed by atoms with Crippen LogP contribution in [0.25, 0.3) is 10.1 Å². The Hall–Kier alpha value is -4.01. The van der Waals surface area contributed by atoms with Gasteiger partial charge < -0.3 is 30.9 Å². The number of benzene rings is 2. The number of halogens is 3.